The first-order chi connectivity index (χ1) is 11.4. The summed E-state index contributed by atoms with van der Waals surface area (Å²) in [6, 6.07) is 3.21. The van der Waals surface area contributed by atoms with Gasteiger partial charge < -0.3 is 4.74 Å². The molecular weight excluding hydrogens is 523 g/mol. The van der Waals surface area contributed by atoms with E-state index in [2.05, 4.69) is 20.9 Å². The number of pyridine rings is 1. The van der Waals surface area contributed by atoms with Crippen LogP contribution >= 0.6 is 46.3 Å². The van der Waals surface area contributed by atoms with E-state index in [9.17, 15) is 18.9 Å². The summed E-state index contributed by atoms with van der Waals surface area (Å²) in [7, 11) is 1.29. The second kappa shape index (κ2) is 6.80. The maximum atomic E-state index is 14.2. The zero-order chi connectivity index (χ0) is 17.4. The fourth-order valence-electron chi connectivity index (χ4n) is 2.03. The summed E-state index contributed by atoms with van der Waals surface area (Å²) in [4.78, 5) is 14.1. The molecule has 11 heteroatoms. The molecule has 0 radical (unpaired) electrons. The maximum absolute atomic E-state index is 14.2. The van der Waals surface area contributed by atoms with Gasteiger partial charge >= 0.3 is 5.69 Å². The number of ether oxygens (including phenoxy) is 1. The largest absolute Gasteiger partial charge is 0.449 e. The average molecular weight is 528 g/mol. The van der Waals surface area contributed by atoms with Crippen LogP contribution in [0, 0.1) is 21.7 Å². The van der Waals surface area contributed by atoms with Crippen molar-refractivity contribution in [2.75, 3.05) is 0 Å². The van der Waals surface area contributed by atoms with Crippen LogP contribution in [0.3, 0.4) is 0 Å². The molecule has 3 aromatic rings. The van der Waals surface area contributed by atoms with Gasteiger partial charge in [0.05, 0.1) is 16.5 Å². The second-order valence-corrected chi connectivity index (χ2v) is 7.11. The van der Waals surface area contributed by atoms with Crippen LogP contribution in [0.5, 0.6) is 11.5 Å². The third-order valence-corrected chi connectivity index (χ3v) is 5.19. The van der Waals surface area contributed by atoms with Gasteiger partial charge in [0.2, 0.25) is 11.6 Å². The number of aromatic nitrogens is 2. The second-order valence-electron chi connectivity index (χ2n) is 4.48. The van der Waals surface area contributed by atoms with Crippen LogP contribution in [-0.4, -0.2) is 13.9 Å². The molecule has 0 amide bonds. The lowest BCUT2D eigenvalue weighted by atomic mass is 10.2. The normalized spacial score (nSPS) is 11.0. The lowest BCUT2D eigenvalue weighted by Crippen LogP contribution is -1.98. The Kier molecular flexibility index (Phi) is 4.92. The average Bonchev–Trinajstić information content (AvgIpc) is 2.88. The van der Waals surface area contributed by atoms with E-state index in [1.54, 1.807) is 16.2 Å². The highest BCUT2D eigenvalue weighted by molar-refractivity contribution is 14.2. The van der Waals surface area contributed by atoms with Gasteiger partial charge in [-0.1, -0.05) is 0 Å². The van der Waals surface area contributed by atoms with Gasteiger partial charge in [0.25, 0.3) is 0 Å². The lowest BCUT2D eigenvalue weighted by molar-refractivity contribution is -0.387. The summed E-state index contributed by atoms with van der Waals surface area (Å²) in [6.45, 7) is 0. The predicted octanol–water partition coefficient (Wildman–Crippen LogP) is 5.62. The summed E-state index contributed by atoms with van der Waals surface area (Å²) in [6.07, 6.45) is 3.07. The molecule has 0 aliphatic rings. The van der Waals surface area contributed by atoms with Crippen molar-refractivity contribution in [1.29, 1.82) is 0 Å². The maximum Gasteiger partial charge on any atom is 0.308 e. The van der Waals surface area contributed by atoms with Crippen LogP contribution in [0.1, 0.15) is 0 Å². The Hall–Kier alpha value is -1.47. The van der Waals surface area contributed by atoms with Gasteiger partial charge in [-0.25, -0.2) is 9.37 Å². The molecule has 0 atom stereocenters. The summed E-state index contributed by atoms with van der Waals surface area (Å²) < 4.78 is 35.7. The van der Waals surface area contributed by atoms with Crippen molar-refractivity contribution in [3.63, 3.8) is 0 Å². The number of nitro benzene ring substituents is 1. The van der Waals surface area contributed by atoms with Gasteiger partial charge in [0.15, 0.2) is 17.2 Å². The molecule has 1 aromatic carbocycles. The van der Waals surface area contributed by atoms with Crippen LogP contribution in [0.25, 0.3) is 11.0 Å². The van der Waals surface area contributed by atoms with Gasteiger partial charge in [0, 0.05) is 47.1 Å². The molecule has 0 unspecified atom stereocenters. The summed E-state index contributed by atoms with van der Waals surface area (Å²) >= 11 is 5.29. The third kappa shape index (κ3) is 3.07. The third-order valence-electron chi connectivity index (χ3n) is 3.05. The zero-order valence-electron chi connectivity index (χ0n) is 11.4. The first kappa shape index (κ1) is 17.4. The van der Waals surface area contributed by atoms with Crippen LogP contribution in [0.4, 0.5) is 14.5 Å². The zero-order valence-corrected chi connectivity index (χ0v) is 15.9. The Balaban J connectivity index is 2.16. The van der Waals surface area contributed by atoms with Crippen LogP contribution < -0.4 is 4.74 Å². The van der Waals surface area contributed by atoms with Crippen molar-refractivity contribution < 1.29 is 18.4 Å². The summed E-state index contributed by atoms with van der Waals surface area (Å²) in [5.74, 6) is -3.11. The van der Waals surface area contributed by atoms with Crippen molar-refractivity contribution in [3.05, 3.63) is 56.8 Å². The van der Waals surface area contributed by atoms with E-state index in [4.69, 9.17) is 4.74 Å². The number of hydrogen-bond donors (Lipinski definition) is 0. The SMILES string of the molecule is O=[N+]([O-])c1ccc(F)c(Oc2cn(SI)c3ncc(Br)cc23)c1F. The predicted molar refractivity (Wildman–Crippen MR) is 97.5 cm³/mol. The van der Waals surface area contributed by atoms with E-state index in [1.165, 1.54) is 15.3 Å². The van der Waals surface area contributed by atoms with Gasteiger partial charge in [-0.3, -0.25) is 14.1 Å². The quantitative estimate of drug-likeness (QED) is 0.250. The van der Waals surface area contributed by atoms with Crippen LogP contribution in [0.2, 0.25) is 0 Å². The molecule has 0 spiro atoms. The number of rotatable bonds is 4. The molecule has 0 saturated carbocycles. The van der Waals surface area contributed by atoms with Crippen molar-refractivity contribution >= 4 is 63.0 Å². The topological polar surface area (TPSA) is 70.2 Å². The minimum absolute atomic E-state index is 0.126. The van der Waals surface area contributed by atoms with Crippen LogP contribution in [0.15, 0.2) is 35.1 Å². The van der Waals surface area contributed by atoms with Crippen molar-refractivity contribution in [3.8, 4) is 11.5 Å². The molecule has 24 heavy (non-hydrogen) atoms. The molecule has 0 bridgehead atoms. The van der Waals surface area contributed by atoms with E-state index in [1.807, 2.05) is 21.2 Å². The molecule has 6 nitrogen and oxygen atoms in total. The molecule has 0 N–H and O–H groups in total. The fraction of sp³-hybridized carbons (Fsp3) is 0. The number of halogens is 4. The van der Waals surface area contributed by atoms with Crippen molar-refractivity contribution in [1.82, 2.24) is 8.96 Å². The molecule has 0 aliphatic carbocycles. The van der Waals surface area contributed by atoms with E-state index in [0.717, 1.165) is 12.1 Å². The highest BCUT2D eigenvalue weighted by Crippen LogP contribution is 2.39. The van der Waals surface area contributed by atoms with E-state index < -0.39 is 28.0 Å². The molecule has 0 fully saturated rings. The van der Waals surface area contributed by atoms with Gasteiger partial charge in [0.1, 0.15) is 0 Å². The van der Waals surface area contributed by atoms with Crippen LogP contribution in [-0.2, 0) is 0 Å². The number of hydrogen-bond acceptors (Lipinski definition) is 5. The standard InChI is InChI=1S/C13H5BrF2IN3O3S/c14-6-3-7-10(5-19(24-17)13(7)18-4-6)23-12-8(15)1-2-9(11(12)16)20(21)22/h1-5H. The van der Waals surface area contributed by atoms with Crippen molar-refractivity contribution in [2.24, 2.45) is 0 Å². The summed E-state index contributed by atoms with van der Waals surface area (Å²) in [5, 5.41) is 11.3. The van der Waals surface area contributed by atoms with Gasteiger partial charge in [-0.2, -0.15) is 4.39 Å². The molecule has 2 heterocycles. The Labute approximate surface area is 158 Å². The molecule has 3 rings (SSSR count). The molecule has 0 saturated heterocycles. The first-order valence-electron chi connectivity index (χ1n) is 6.18. The number of fused-ring (bicyclic) bond motifs is 1. The number of nitro groups is 1. The van der Waals surface area contributed by atoms with Gasteiger partial charge in [-0.05, 0) is 28.1 Å². The molecule has 0 aliphatic heterocycles. The molecule has 2 aromatic heterocycles. The fourth-order valence-corrected chi connectivity index (χ4v) is 3.61. The summed E-state index contributed by atoms with van der Waals surface area (Å²) in [5.41, 5.74) is -0.337. The highest BCUT2D eigenvalue weighted by atomic mass is 127. The van der Waals surface area contributed by atoms with Crippen molar-refractivity contribution in [2.45, 2.75) is 0 Å². The van der Waals surface area contributed by atoms with E-state index in [-0.39, 0.29) is 5.75 Å². The number of nitrogens with zero attached hydrogens (tertiary/aromatic N) is 3. The Bertz CT molecular complexity index is 969. The van der Waals surface area contributed by atoms with Gasteiger partial charge in [-0.15, -0.1) is 0 Å². The number of benzene rings is 1. The Morgan fingerprint density at radius 2 is 2.17 bits per heavy atom. The smallest absolute Gasteiger partial charge is 0.308 e. The molecular formula is C13H5BrF2IN3O3S. The Morgan fingerprint density at radius 1 is 1.42 bits per heavy atom. The lowest BCUT2D eigenvalue weighted by Gasteiger charge is -2.07. The van der Waals surface area contributed by atoms with E-state index >= 15 is 0 Å². The highest BCUT2D eigenvalue weighted by Gasteiger charge is 2.24. The minimum atomic E-state index is -1.37. The van der Waals surface area contributed by atoms with E-state index in [0.29, 0.717) is 15.5 Å². The minimum Gasteiger partial charge on any atom is -0.449 e. The Morgan fingerprint density at radius 3 is 2.83 bits per heavy atom. The first-order valence-corrected chi connectivity index (χ1v) is 10.3. The monoisotopic (exact) mass is 527 g/mol. The molecule has 124 valence electrons.